The maximum absolute atomic E-state index is 9.62. The third kappa shape index (κ3) is 2.19. The third-order valence-electron chi connectivity index (χ3n) is 2.62. The zero-order valence-corrected chi connectivity index (χ0v) is 7.85. The van der Waals surface area contributed by atoms with Gasteiger partial charge in [-0.15, -0.1) is 0 Å². The molecule has 1 saturated carbocycles. The van der Waals surface area contributed by atoms with Crippen LogP contribution >= 0.6 is 0 Å². The van der Waals surface area contributed by atoms with Crippen LogP contribution < -0.4 is 0 Å². The molecule has 1 heteroatoms. The Balaban J connectivity index is 2.55. The van der Waals surface area contributed by atoms with Crippen LogP contribution in [0.5, 0.6) is 0 Å². The van der Waals surface area contributed by atoms with Crippen LogP contribution in [0, 0.1) is 17.4 Å². The molecule has 11 heavy (non-hydrogen) atoms. The Morgan fingerprint density at radius 2 is 1.91 bits per heavy atom. The molecule has 1 aliphatic rings. The number of aliphatic hydroxyl groups excluding tert-OH is 1. The van der Waals surface area contributed by atoms with Crippen molar-refractivity contribution in [1.82, 2.24) is 0 Å². The van der Waals surface area contributed by atoms with Crippen LogP contribution in [0.2, 0.25) is 0 Å². The van der Waals surface area contributed by atoms with Crippen LogP contribution in [0.3, 0.4) is 0 Å². The lowest BCUT2D eigenvalue weighted by atomic mass is 9.71. The zero-order valence-electron chi connectivity index (χ0n) is 7.85. The van der Waals surface area contributed by atoms with Gasteiger partial charge in [0, 0.05) is 0 Å². The molecule has 0 aromatic rings. The molecule has 0 bridgehead atoms. The van der Waals surface area contributed by atoms with Gasteiger partial charge in [0.15, 0.2) is 0 Å². The van der Waals surface area contributed by atoms with Gasteiger partial charge >= 0.3 is 0 Å². The van der Waals surface area contributed by atoms with Gasteiger partial charge < -0.3 is 5.11 Å². The smallest absolute Gasteiger partial charge is 0.0969 e. The first-order valence-electron chi connectivity index (χ1n) is 4.56. The van der Waals surface area contributed by atoms with Crippen molar-refractivity contribution in [1.29, 1.82) is 0 Å². The minimum atomic E-state index is 0.254. The third-order valence-corrected chi connectivity index (χ3v) is 2.62. The number of rotatable bonds is 0. The highest BCUT2D eigenvalue weighted by Crippen LogP contribution is 2.41. The lowest BCUT2D eigenvalue weighted by Crippen LogP contribution is -2.29. The summed E-state index contributed by atoms with van der Waals surface area (Å²) in [6.45, 7) is 6.62. The van der Waals surface area contributed by atoms with Gasteiger partial charge in [-0.25, -0.2) is 0 Å². The lowest BCUT2D eigenvalue weighted by Gasteiger charge is -2.36. The normalized spacial score (nSPS) is 28.9. The summed E-state index contributed by atoms with van der Waals surface area (Å²) < 4.78 is 0. The highest BCUT2D eigenvalue weighted by molar-refractivity contribution is 4.94. The summed E-state index contributed by atoms with van der Waals surface area (Å²) in [4.78, 5) is 0. The Morgan fingerprint density at radius 3 is 2.27 bits per heavy atom. The molecule has 0 heterocycles. The molecule has 0 amide bonds. The molecule has 1 nitrogen and oxygen atoms in total. The van der Waals surface area contributed by atoms with Gasteiger partial charge in [0.1, 0.15) is 0 Å². The average Bonchev–Trinajstić information content (AvgIpc) is 1.86. The molecule has 1 rings (SSSR count). The summed E-state index contributed by atoms with van der Waals surface area (Å²) in [7, 11) is 0. The Bertz CT molecular complexity index is 123. The fraction of sp³-hybridized carbons (Fsp3) is 0.900. The number of hydrogen-bond donors (Lipinski definition) is 1. The van der Waals surface area contributed by atoms with Gasteiger partial charge in [-0.2, -0.15) is 0 Å². The first kappa shape index (κ1) is 9.05. The maximum atomic E-state index is 9.62. The van der Waals surface area contributed by atoms with Gasteiger partial charge in [-0.05, 0) is 24.2 Å². The number of aliphatic hydroxyl groups is 1. The highest BCUT2D eigenvalue weighted by atomic mass is 16.3. The van der Waals surface area contributed by atoms with Gasteiger partial charge in [-0.1, -0.05) is 33.6 Å². The molecule has 1 radical (unpaired) electrons. The van der Waals surface area contributed by atoms with E-state index in [2.05, 4.69) is 20.8 Å². The van der Waals surface area contributed by atoms with Gasteiger partial charge in [0.25, 0.3) is 0 Å². The molecule has 0 spiro atoms. The summed E-state index contributed by atoms with van der Waals surface area (Å²) >= 11 is 0. The van der Waals surface area contributed by atoms with E-state index in [0.717, 1.165) is 12.5 Å². The van der Waals surface area contributed by atoms with Crippen LogP contribution in [-0.4, -0.2) is 5.11 Å². The average molecular weight is 155 g/mol. The van der Waals surface area contributed by atoms with Crippen LogP contribution in [0.4, 0.5) is 0 Å². The van der Waals surface area contributed by atoms with Crippen molar-refractivity contribution in [3.63, 3.8) is 0 Å². The Morgan fingerprint density at radius 1 is 1.27 bits per heavy atom. The van der Waals surface area contributed by atoms with Crippen molar-refractivity contribution in [2.75, 3.05) is 0 Å². The molecule has 0 aliphatic heterocycles. The first-order chi connectivity index (χ1) is 5.02. The fourth-order valence-electron chi connectivity index (χ4n) is 1.93. The van der Waals surface area contributed by atoms with Crippen molar-refractivity contribution in [2.45, 2.75) is 46.5 Å². The topological polar surface area (TPSA) is 20.2 Å². The van der Waals surface area contributed by atoms with E-state index < -0.39 is 0 Å². The lowest BCUT2D eigenvalue weighted by molar-refractivity contribution is 0.0950. The van der Waals surface area contributed by atoms with Crippen molar-refractivity contribution >= 4 is 0 Å². The summed E-state index contributed by atoms with van der Waals surface area (Å²) in [5, 5.41) is 9.62. The summed E-state index contributed by atoms with van der Waals surface area (Å²) in [6, 6.07) is 0. The molecule has 0 aromatic heterocycles. The summed E-state index contributed by atoms with van der Waals surface area (Å²) in [6.07, 6.45) is 5.31. The van der Waals surface area contributed by atoms with Gasteiger partial charge in [0.05, 0.1) is 6.10 Å². The van der Waals surface area contributed by atoms with E-state index in [-0.39, 0.29) is 5.41 Å². The van der Waals surface area contributed by atoms with E-state index in [1.807, 2.05) is 0 Å². The van der Waals surface area contributed by atoms with Crippen LogP contribution in [0.15, 0.2) is 0 Å². The molecular weight excluding hydrogens is 136 g/mol. The second-order valence-corrected chi connectivity index (χ2v) is 4.66. The Kier molecular flexibility index (Phi) is 2.58. The van der Waals surface area contributed by atoms with Gasteiger partial charge in [-0.3, -0.25) is 0 Å². The molecule has 0 saturated heterocycles. The van der Waals surface area contributed by atoms with E-state index in [1.165, 1.54) is 19.3 Å². The number of hydrogen-bond acceptors (Lipinski definition) is 1. The largest absolute Gasteiger partial charge is 0.387 e. The quantitative estimate of drug-likeness (QED) is 0.570. The standard InChI is InChI=1S/C10H19O/c1-10(2,3)8-6-4-5-7-9(8)11/h8,11H,4-7H2,1-3H3. The zero-order chi connectivity index (χ0) is 8.48. The van der Waals surface area contributed by atoms with Crippen molar-refractivity contribution in [2.24, 2.45) is 11.3 Å². The van der Waals surface area contributed by atoms with Crippen LogP contribution in [0.1, 0.15) is 46.5 Å². The van der Waals surface area contributed by atoms with Crippen molar-refractivity contribution < 1.29 is 5.11 Å². The second-order valence-electron chi connectivity index (χ2n) is 4.66. The first-order valence-corrected chi connectivity index (χ1v) is 4.56. The Hall–Kier alpha value is -0.0400. The van der Waals surface area contributed by atoms with E-state index >= 15 is 0 Å². The van der Waals surface area contributed by atoms with E-state index in [9.17, 15) is 5.11 Å². The minimum absolute atomic E-state index is 0.254. The molecule has 1 aliphatic carbocycles. The molecule has 65 valence electrons. The summed E-state index contributed by atoms with van der Waals surface area (Å²) in [5.41, 5.74) is 0.254. The van der Waals surface area contributed by atoms with Crippen molar-refractivity contribution in [3.05, 3.63) is 6.10 Å². The van der Waals surface area contributed by atoms with Crippen molar-refractivity contribution in [3.8, 4) is 0 Å². The minimum Gasteiger partial charge on any atom is -0.387 e. The van der Waals surface area contributed by atoms with Gasteiger partial charge in [0.2, 0.25) is 0 Å². The predicted octanol–water partition coefficient (Wildman–Crippen LogP) is 3.13. The fourth-order valence-corrected chi connectivity index (χ4v) is 1.93. The molecule has 1 N–H and O–H groups in total. The predicted molar refractivity (Wildman–Crippen MR) is 46.6 cm³/mol. The molecular formula is C10H19O. The SMILES string of the molecule is CC(C)(C)C1CCCC[C]1O. The Labute approximate surface area is 69.8 Å². The van der Waals surface area contributed by atoms with E-state index in [0.29, 0.717) is 5.92 Å². The monoisotopic (exact) mass is 155 g/mol. The molecule has 1 atom stereocenters. The highest BCUT2D eigenvalue weighted by Gasteiger charge is 2.33. The molecule has 1 unspecified atom stereocenters. The summed E-state index contributed by atoms with van der Waals surface area (Å²) in [5.74, 6) is 0.441. The van der Waals surface area contributed by atoms with E-state index in [1.54, 1.807) is 0 Å². The van der Waals surface area contributed by atoms with E-state index in [4.69, 9.17) is 0 Å². The van der Waals surface area contributed by atoms with Crippen LogP contribution in [0.25, 0.3) is 0 Å². The molecule has 0 aromatic carbocycles. The van der Waals surface area contributed by atoms with Crippen LogP contribution in [-0.2, 0) is 0 Å². The second kappa shape index (κ2) is 3.14. The maximum Gasteiger partial charge on any atom is 0.0969 e. The molecule has 1 fully saturated rings.